The van der Waals surface area contributed by atoms with Gasteiger partial charge in [-0.1, -0.05) is 30.3 Å². The van der Waals surface area contributed by atoms with Crippen LogP contribution in [-0.4, -0.2) is 41.0 Å². The molecule has 0 radical (unpaired) electrons. The van der Waals surface area contributed by atoms with Crippen LogP contribution in [-0.2, 0) is 11.3 Å². The van der Waals surface area contributed by atoms with E-state index in [1.54, 1.807) is 0 Å². The van der Waals surface area contributed by atoms with Crippen LogP contribution < -0.4 is 0 Å². The summed E-state index contributed by atoms with van der Waals surface area (Å²) >= 11 is 0. The van der Waals surface area contributed by atoms with Gasteiger partial charge in [0.15, 0.2) is 5.78 Å². The molecule has 0 aliphatic carbocycles. The molecule has 4 nitrogen and oxygen atoms in total. The van der Waals surface area contributed by atoms with Gasteiger partial charge in [-0.2, -0.15) is 0 Å². The third-order valence-electron chi connectivity index (χ3n) is 5.74. The monoisotopic (exact) mass is 350 g/mol. The number of pyridine rings is 1. The van der Waals surface area contributed by atoms with E-state index in [4.69, 9.17) is 4.74 Å². The van der Waals surface area contributed by atoms with Crippen molar-refractivity contribution in [2.24, 2.45) is 5.92 Å². The van der Waals surface area contributed by atoms with E-state index in [1.165, 1.54) is 5.56 Å². The van der Waals surface area contributed by atoms with E-state index >= 15 is 0 Å². The molecule has 136 valence electrons. The maximum absolute atomic E-state index is 13.1. The number of ether oxygens (including phenoxy) is 1. The van der Waals surface area contributed by atoms with Crippen molar-refractivity contribution in [2.45, 2.75) is 45.3 Å². The van der Waals surface area contributed by atoms with Gasteiger partial charge in [-0.25, -0.2) is 0 Å². The molecule has 1 aromatic heterocycles. The second kappa shape index (κ2) is 7.29. The summed E-state index contributed by atoms with van der Waals surface area (Å²) in [4.78, 5) is 20.1. The van der Waals surface area contributed by atoms with E-state index in [1.807, 2.05) is 26.0 Å². The smallest absolute Gasteiger partial charge is 0.167 e. The zero-order valence-electron chi connectivity index (χ0n) is 15.5. The van der Waals surface area contributed by atoms with Crippen molar-refractivity contribution in [1.29, 1.82) is 0 Å². The van der Waals surface area contributed by atoms with Gasteiger partial charge in [-0.3, -0.25) is 14.7 Å². The first-order chi connectivity index (χ1) is 12.6. The Kier molecular flexibility index (Phi) is 4.88. The number of rotatable bonds is 4. The van der Waals surface area contributed by atoms with Gasteiger partial charge >= 0.3 is 0 Å². The van der Waals surface area contributed by atoms with Crippen LogP contribution in [0.2, 0.25) is 0 Å². The minimum absolute atomic E-state index is 0.0733. The molecular formula is C22H26N2O2. The van der Waals surface area contributed by atoms with Gasteiger partial charge < -0.3 is 4.74 Å². The topological polar surface area (TPSA) is 42.4 Å². The summed E-state index contributed by atoms with van der Waals surface area (Å²) in [6.45, 7) is 6.28. The zero-order chi connectivity index (χ0) is 18.1. The molecule has 2 unspecified atom stereocenters. The van der Waals surface area contributed by atoms with Gasteiger partial charge in [0, 0.05) is 41.5 Å². The quantitative estimate of drug-likeness (QED) is 0.791. The number of aryl methyl sites for hydroxylation is 2. The van der Waals surface area contributed by atoms with Gasteiger partial charge in [0.05, 0.1) is 13.2 Å². The Hall–Kier alpha value is -2.04. The normalized spacial score (nSPS) is 25.8. The van der Waals surface area contributed by atoms with Crippen LogP contribution in [0.3, 0.4) is 0 Å². The Morgan fingerprint density at radius 2 is 1.77 bits per heavy atom. The second-order valence-corrected chi connectivity index (χ2v) is 7.62. The lowest BCUT2D eigenvalue weighted by Crippen LogP contribution is -2.57. The van der Waals surface area contributed by atoms with Crippen LogP contribution in [0.1, 0.15) is 40.2 Å². The average molecular weight is 350 g/mol. The van der Waals surface area contributed by atoms with Crippen molar-refractivity contribution in [3.63, 3.8) is 0 Å². The average Bonchev–Trinajstić information content (AvgIpc) is 2.62. The maximum Gasteiger partial charge on any atom is 0.167 e. The number of fused-ring (bicyclic) bond motifs is 2. The van der Waals surface area contributed by atoms with Gasteiger partial charge in [0.2, 0.25) is 0 Å². The van der Waals surface area contributed by atoms with E-state index in [2.05, 4.69) is 40.2 Å². The standard InChI is InChI=1S/C22H26N2O2/c1-15-8-9-21(16(2)23-15)22(25)18-10-19-13-26-14-20(11-18)24(19)12-17-6-4-3-5-7-17/h3-9,18-20H,10-14H2,1-2H3. The number of hydrogen-bond donors (Lipinski definition) is 0. The summed E-state index contributed by atoms with van der Waals surface area (Å²) in [5.41, 5.74) is 3.92. The highest BCUT2D eigenvalue weighted by Gasteiger charge is 2.41. The Morgan fingerprint density at radius 3 is 2.42 bits per heavy atom. The summed E-state index contributed by atoms with van der Waals surface area (Å²) in [7, 11) is 0. The Bertz CT molecular complexity index is 776. The van der Waals surface area contributed by atoms with Crippen LogP contribution in [0, 0.1) is 19.8 Å². The zero-order valence-corrected chi connectivity index (χ0v) is 15.5. The SMILES string of the molecule is Cc1ccc(C(=O)C2CC3COCC(C2)N3Cc2ccccc2)c(C)n1. The molecule has 3 heterocycles. The molecule has 4 heteroatoms. The minimum Gasteiger partial charge on any atom is -0.378 e. The molecule has 0 spiro atoms. The number of hydrogen-bond acceptors (Lipinski definition) is 4. The molecule has 0 amide bonds. The van der Waals surface area contributed by atoms with Crippen LogP contribution in [0.5, 0.6) is 0 Å². The number of aromatic nitrogens is 1. The van der Waals surface area contributed by atoms with Crippen molar-refractivity contribution >= 4 is 5.78 Å². The fourth-order valence-corrected chi connectivity index (χ4v) is 4.42. The van der Waals surface area contributed by atoms with Crippen molar-refractivity contribution in [3.8, 4) is 0 Å². The first-order valence-electron chi connectivity index (χ1n) is 9.47. The molecule has 2 bridgehead atoms. The lowest BCUT2D eigenvalue weighted by atomic mass is 9.80. The molecule has 4 rings (SSSR count). The molecule has 2 aliphatic heterocycles. The summed E-state index contributed by atoms with van der Waals surface area (Å²) in [6.07, 6.45) is 1.74. The highest BCUT2D eigenvalue weighted by Crippen LogP contribution is 2.34. The third kappa shape index (κ3) is 3.44. The van der Waals surface area contributed by atoms with Gasteiger partial charge in [-0.15, -0.1) is 0 Å². The van der Waals surface area contributed by atoms with Gasteiger partial charge in [0.25, 0.3) is 0 Å². The highest BCUT2D eigenvalue weighted by atomic mass is 16.5. The molecule has 26 heavy (non-hydrogen) atoms. The van der Waals surface area contributed by atoms with Crippen molar-refractivity contribution in [2.75, 3.05) is 13.2 Å². The van der Waals surface area contributed by atoms with Crippen LogP contribution in [0.4, 0.5) is 0 Å². The molecule has 1 aromatic carbocycles. The number of carbonyl (C=O) groups is 1. The van der Waals surface area contributed by atoms with Gasteiger partial charge in [-0.05, 0) is 44.4 Å². The van der Waals surface area contributed by atoms with Crippen molar-refractivity contribution < 1.29 is 9.53 Å². The maximum atomic E-state index is 13.1. The largest absolute Gasteiger partial charge is 0.378 e. The minimum atomic E-state index is 0.0733. The predicted octanol–water partition coefficient (Wildman–Crippen LogP) is 3.56. The molecular weight excluding hydrogens is 324 g/mol. The molecule has 0 saturated carbocycles. The summed E-state index contributed by atoms with van der Waals surface area (Å²) in [5.74, 6) is 0.329. The molecule has 2 saturated heterocycles. The molecule has 2 fully saturated rings. The molecule has 0 N–H and O–H groups in total. The van der Waals surface area contributed by atoms with E-state index in [0.717, 1.165) is 49.6 Å². The third-order valence-corrected chi connectivity index (χ3v) is 5.74. The Morgan fingerprint density at radius 1 is 1.08 bits per heavy atom. The van der Waals surface area contributed by atoms with Crippen LogP contribution in [0.25, 0.3) is 0 Å². The molecule has 2 atom stereocenters. The van der Waals surface area contributed by atoms with E-state index in [0.29, 0.717) is 12.1 Å². The number of morpholine rings is 1. The van der Waals surface area contributed by atoms with E-state index < -0.39 is 0 Å². The second-order valence-electron chi connectivity index (χ2n) is 7.62. The lowest BCUT2D eigenvalue weighted by Gasteiger charge is -2.48. The number of Topliss-reactive ketones (excluding diaryl/α,β-unsaturated/α-hetero) is 1. The van der Waals surface area contributed by atoms with Crippen molar-refractivity contribution in [3.05, 3.63) is 65.0 Å². The predicted molar refractivity (Wildman–Crippen MR) is 101 cm³/mol. The summed E-state index contributed by atoms with van der Waals surface area (Å²) in [5, 5.41) is 0. The fraction of sp³-hybridized carbons (Fsp3) is 0.455. The Balaban J connectivity index is 1.51. The lowest BCUT2D eigenvalue weighted by molar-refractivity contribution is -0.0872. The number of benzene rings is 1. The van der Waals surface area contributed by atoms with Crippen LogP contribution in [0.15, 0.2) is 42.5 Å². The number of ketones is 1. The first kappa shape index (κ1) is 17.4. The molecule has 2 aliphatic rings. The molecule has 2 aromatic rings. The highest BCUT2D eigenvalue weighted by molar-refractivity contribution is 5.98. The number of nitrogens with zero attached hydrogens (tertiary/aromatic N) is 2. The van der Waals surface area contributed by atoms with Crippen molar-refractivity contribution in [1.82, 2.24) is 9.88 Å². The van der Waals surface area contributed by atoms with E-state index in [-0.39, 0.29) is 11.7 Å². The number of piperidine rings is 1. The first-order valence-corrected chi connectivity index (χ1v) is 9.47. The number of carbonyl (C=O) groups excluding carboxylic acids is 1. The van der Waals surface area contributed by atoms with Gasteiger partial charge in [0.1, 0.15) is 0 Å². The summed E-state index contributed by atoms with van der Waals surface area (Å²) < 4.78 is 5.81. The van der Waals surface area contributed by atoms with Crippen LogP contribution >= 0.6 is 0 Å². The summed E-state index contributed by atoms with van der Waals surface area (Å²) in [6, 6.07) is 15.1. The fourth-order valence-electron chi connectivity index (χ4n) is 4.42. The van der Waals surface area contributed by atoms with E-state index in [9.17, 15) is 4.79 Å². The Labute approximate surface area is 155 Å².